The molecular formula is C20H20N4O4S. The zero-order chi connectivity index (χ0) is 20.8. The lowest BCUT2D eigenvalue weighted by Gasteiger charge is -2.12. The Hall–Kier alpha value is -3.33. The lowest BCUT2D eigenvalue weighted by molar-refractivity contribution is 0.390. The molecule has 0 amide bonds. The molecule has 0 aliphatic heterocycles. The second-order valence-electron chi connectivity index (χ2n) is 6.72. The predicted molar refractivity (Wildman–Crippen MR) is 109 cm³/mol. The molecule has 0 atom stereocenters. The van der Waals surface area contributed by atoms with Crippen LogP contribution in [0.15, 0.2) is 52.1 Å². The molecule has 0 fully saturated rings. The van der Waals surface area contributed by atoms with Crippen LogP contribution in [-0.2, 0) is 10.0 Å². The van der Waals surface area contributed by atoms with Gasteiger partial charge in [-0.25, -0.2) is 13.4 Å². The molecular weight excluding hydrogens is 392 g/mol. The molecule has 0 aliphatic carbocycles. The Labute approximate surface area is 168 Å². The Morgan fingerprint density at radius 3 is 2.62 bits per heavy atom. The maximum Gasteiger partial charge on any atom is 0.267 e. The van der Waals surface area contributed by atoms with Crippen molar-refractivity contribution in [3.63, 3.8) is 0 Å². The van der Waals surface area contributed by atoms with E-state index in [1.165, 1.54) is 7.11 Å². The first kappa shape index (κ1) is 19.0. The number of benzene rings is 1. The van der Waals surface area contributed by atoms with Gasteiger partial charge in [0.05, 0.1) is 18.5 Å². The van der Waals surface area contributed by atoms with Crippen molar-refractivity contribution in [2.24, 2.45) is 0 Å². The summed E-state index contributed by atoms with van der Waals surface area (Å²) in [4.78, 5) is 4.70. The van der Waals surface area contributed by atoms with Gasteiger partial charge in [-0.05, 0) is 50.6 Å². The van der Waals surface area contributed by atoms with Crippen molar-refractivity contribution in [2.45, 2.75) is 25.7 Å². The van der Waals surface area contributed by atoms with E-state index < -0.39 is 10.0 Å². The Balaban J connectivity index is 1.78. The molecule has 3 heterocycles. The topological polar surface area (TPSA) is 98.7 Å². The van der Waals surface area contributed by atoms with Crippen LogP contribution in [0.5, 0.6) is 5.75 Å². The largest absolute Gasteiger partial charge is 0.495 e. The average Bonchev–Trinajstić information content (AvgIpc) is 3.26. The van der Waals surface area contributed by atoms with Gasteiger partial charge >= 0.3 is 0 Å². The predicted octanol–water partition coefficient (Wildman–Crippen LogP) is 3.72. The molecule has 8 nitrogen and oxygen atoms in total. The number of nitrogens with zero attached hydrogens (tertiary/aromatic N) is 3. The van der Waals surface area contributed by atoms with E-state index in [1.807, 2.05) is 41.9 Å². The number of pyridine rings is 1. The number of hydrogen-bond donors (Lipinski definition) is 1. The van der Waals surface area contributed by atoms with Gasteiger partial charge in [0.2, 0.25) is 0 Å². The van der Waals surface area contributed by atoms with E-state index in [-0.39, 0.29) is 10.7 Å². The van der Waals surface area contributed by atoms with Crippen LogP contribution in [0, 0.1) is 20.8 Å². The second-order valence-corrected chi connectivity index (χ2v) is 8.34. The number of methoxy groups -OCH3 is 1. The van der Waals surface area contributed by atoms with E-state index in [2.05, 4.69) is 14.9 Å². The van der Waals surface area contributed by atoms with Gasteiger partial charge in [-0.2, -0.15) is 0 Å². The van der Waals surface area contributed by atoms with Crippen LogP contribution in [-0.4, -0.2) is 30.1 Å². The number of anilines is 1. The first-order chi connectivity index (χ1) is 13.8. The van der Waals surface area contributed by atoms with Crippen molar-refractivity contribution < 1.29 is 17.7 Å². The van der Waals surface area contributed by atoms with Gasteiger partial charge in [0.1, 0.15) is 17.1 Å². The lowest BCUT2D eigenvalue weighted by Crippen LogP contribution is -2.15. The van der Waals surface area contributed by atoms with E-state index in [0.29, 0.717) is 17.1 Å². The summed E-state index contributed by atoms with van der Waals surface area (Å²) < 4.78 is 40.7. The summed E-state index contributed by atoms with van der Waals surface area (Å²) >= 11 is 0. The van der Waals surface area contributed by atoms with Crippen molar-refractivity contribution >= 4 is 21.4 Å². The Morgan fingerprint density at radius 2 is 1.97 bits per heavy atom. The van der Waals surface area contributed by atoms with Crippen molar-refractivity contribution in [2.75, 3.05) is 11.8 Å². The zero-order valence-corrected chi connectivity index (χ0v) is 17.2. The minimum absolute atomic E-state index is 0.0216. The Kier molecular flexibility index (Phi) is 4.54. The number of aromatic nitrogens is 3. The molecule has 0 unspecified atom stereocenters. The number of rotatable bonds is 5. The van der Waals surface area contributed by atoms with Gasteiger partial charge in [0, 0.05) is 18.0 Å². The summed E-state index contributed by atoms with van der Waals surface area (Å²) in [6.07, 6.45) is 3.82. The molecule has 0 spiro atoms. The summed E-state index contributed by atoms with van der Waals surface area (Å²) in [6.45, 7) is 5.13. The number of fused-ring (bicyclic) bond motifs is 1. The van der Waals surface area contributed by atoms with Gasteiger partial charge < -0.3 is 13.7 Å². The first-order valence-corrected chi connectivity index (χ1v) is 10.4. The monoisotopic (exact) mass is 412 g/mol. The van der Waals surface area contributed by atoms with E-state index >= 15 is 0 Å². The Bertz CT molecular complexity index is 1300. The summed E-state index contributed by atoms with van der Waals surface area (Å²) in [7, 11) is -2.42. The summed E-state index contributed by atoms with van der Waals surface area (Å²) in [5, 5.41) is 3.73. The SMILES string of the molecule is COc1ccc(-c2cn3cccc(C)c3n2)cc1NS(=O)(=O)c1c(C)noc1C. The standard InChI is InChI=1S/C20H20N4O4S/c1-12-6-5-9-24-11-17(21-20(12)24)15-7-8-18(27-4)16(10-15)23-29(25,26)19-13(2)22-28-14(19)3/h5-11,23H,1-4H3. The third kappa shape index (κ3) is 3.33. The van der Waals surface area contributed by atoms with Crippen molar-refractivity contribution in [1.82, 2.24) is 14.5 Å². The van der Waals surface area contributed by atoms with Crippen molar-refractivity contribution in [3.05, 3.63) is 59.7 Å². The van der Waals surface area contributed by atoms with Crippen LogP contribution in [0.4, 0.5) is 5.69 Å². The van der Waals surface area contributed by atoms with Crippen LogP contribution >= 0.6 is 0 Å². The van der Waals surface area contributed by atoms with E-state index in [0.717, 1.165) is 22.5 Å². The molecule has 4 rings (SSSR count). The number of imidazole rings is 1. The highest BCUT2D eigenvalue weighted by Crippen LogP contribution is 2.33. The first-order valence-electron chi connectivity index (χ1n) is 8.88. The van der Waals surface area contributed by atoms with Gasteiger partial charge in [-0.3, -0.25) is 4.72 Å². The molecule has 4 aromatic rings. The van der Waals surface area contributed by atoms with Crippen LogP contribution in [0.3, 0.4) is 0 Å². The molecule has 29 heavy (non-hydrogen) atoms. The molecule has 1 aromatic carbocycles. The van der Waals surface area contributed by atoms with E-state index in [9.17, 15) is 8.42 Å². The number of nitrogens with one attached hydrogen (secondary N) is 1. The van der Waals surface area contributed by atoms with Gasteiger partial charge in [-0.15, -0.1) is 0 Å². The highest BCUT2D eigenvalue weighted by Gasteiger charge is 2.25. The number of hydrogen-bond acceptors (Lipinski definition) is 6. The van der Waals surface area contributed by atoms with Gasteiger partial charge in [-0.1, -0.05) is 11.2 Å². The fourth-order valence-electron chi connectivity index (χ4n) is 3.29. The molecule has 0 bridgehead atoms. The molecule has 0 saturated carbocycles. The zero-order valence-electron chi connectivity index (χ0n) is 16.4. The van der Waals surface area contributed by atoms with Crippen molar-refractivity contribution in [3.8, 4) is 17.0 Å². The lowest BCUT2D eigenvalue weighted by atomic mass is 10.1. The maximum atomic E-state index is 12.9. The molecule has 3 aromatic heterocycles. The minimum atomic E-state index is -3.91. The fourth-order valence-corrected chi connectivity index (χ4v) is 4.69. The summed E-state index contributed by atoms with van der Waals surface area (Å²) in [6, 6.07) is 9.18. The number of ether oxygens (including phenoxy) is 1. The van der Waals surface area contributed by atoms with E-state index in [4.69, 9.17) is 9.26 Å². The van der Waals surface area contributed by atoms with Crippen LogP contribution in [0.2, 0.25) is 0 Å². The third-order valence-corrected chi connectivity index (χ3v) is 6.26. The van der Waals surface area contributed by atoms with E-state index in [1.54, 1.807) is 26.0 Å². The Morgan fingerprint density at radius 1 is 1.17 bits per heavy atom. The molecule has 9 heteroatoms. The van der Waals surface area contributed by atoms with Crippen LogP contribution < -0.4 is 9.46 Å². The minimum Gasteiger partial charge on any atom is -0.495 e. The van der Waals surface area contributed by atoms with Crippen LogP contribution in [0.25, 0.3) is 16.9 Å². The van der Waals surface area contributed by atoms with Crippen molar-refractivity contribution in [1.29, 1.82) is 0 Å². The maximum absolute atomic E-state index is 12.9. The molecule has 0 saturated heterocycles. The molecule has 0 radical (unpaired) electrons. The molecule has 0 aliphatic rings. The number of aryl methyl sites for hydroxylation is 3. The molecule has 150 valence electrons. The van der Waals surface area contributed by atoms with Gasteiger partial charge in [0.25, 0.3) is 10.0 Å². The smallest absolute Gasteiger partial charge is 0.267 e. The highest BCUT2D eigenvalue weighted by molar-refractivity contribution is 7.92. The average molecular weight is 412 g/mol. The second kappa shape index (κ2) is 6.93. The summed E-state index contributed by atoms with van der Waals surface area (Å²) in [5.74, 6) is 0.616. The normalized spacial score (nSPS) is 11.7. The highest BCUT2D eigenvalue weighted by atomic mass is 32.2. The molecule has 1 N–H and O–H groups in total. The van der Waals surface area contributed by atoms with Gasteiger partial charge in [0.15, 0.2) is 10.7 Å². The number of sulfonamides is 1. The van der Waals surface area contributed by atoms with Crippen LogP contribution in [0.1, 0.15) is 17.0 Å². The quantitative estimate of drug-likeness (QED) is 0.536. The summed E-state index contributed by atoms with van der Waals surface area (Å²) in [5.41, 5.74) is 3.97. The third-order valence-electron chi connectivity index (χ3n) is 4.65. The fraction of sp³-hybridized carbons (Fsp3) is 0.200.